The third-order valence-electron chi connectivity index (χ3n) is 2.26. The Kier molecular flexibility index (Phi) is 2.55. The van der Waals surface area contributed by atoms with Crippen molar-refractivity contribution in [1.29, 1.82) is 0 Å². The van der Waals surface area contributed by atoms with Crippen molar-refractivity contribution in [2.24, 2.45) is 0 Å². The topological polar surface area (TPSA) is 63.4 Å². The normalized spacial score (nSPS) is 10.0. The summed E-state index contributed by atoms with van der Waals surface area (Å²) in [6, 6.07) is 13.0. The Labute approximate surface area is 91.9 Å². The third kappa shape index (κ3) is 1.86. The molecule has 0 spiro atoms. The zero-order valence-electron chi connectivity index (χ0n) is 8.33. The van der Waals surface area contributed by atoms with Gasteiger partial charge in [0.1, 0.15) is 5.75 Å². The number of nitro groups is 1. The lowest BCUT2D eigenvalue weighted by molar-refractivity contribution is -0.384. The van der Waals surface area contributed by atoms with E-state index in [4.69, 9.17) is 0 Å². The Morgan fingerprint density at radius 3 is 2.38 bits per heavy atom. The number of phenolic OH excluding ortho intramolecular Hbond substituents is 1. The molecule has 0 unspecified atom stereocenters. The number of benzene rings is 2. The van der Waals surface area contributed by atoms with Gasteiger partial charge in [-0.3, -0.25) is 10.1 Å². The Morgan fingerprint density at radius 2 is 1.75 bits per heavy atom. The number of rotatable bonds is 2. The monoisotopic (exact) mass is 215 g/mol. The summed E-state index contributed by atoms with van der Waals surface area (Å²) in [5.74, 6) is 0.0180. The number of hydrogen-bond acceptors (Lipinski definition) is 3. The molecule has 0 aliphatic rings. The second-order valence-corrected chi connectivity index (χ2v) is 3.32. The minimum absolute atomic E-state index is 0.0102. The van der Waals surface area contributed by atoms with Gasteiger partial charge >= 0.3 is 0 Å². The summed E-state index contributed by atoms with van der Waals surface area (Å²) in [5, 5.41) is 20.2. The van der Waals surface area contributed by atoms with Crippen molar-refractivity contribution < 1.29 is 10.0 Å². The highest BCUT2D eigenvalue weighted by atomic mass is 16.6. The van der Waals surface area contributed by atoms with Gasteiger partial charge in [-0.1, -0.05) is 30.3 Å². The molecule has 80 valence electrons. The lowest BCUT2D eigenvalue weighted by Gasteiger charge is -2.03. The van der Waals surface area contributed by atoms with Crippen LogP contribution >= 0.6 is 0 Å². The molecule has 2 rings (SSSR count). The van der Waals surface area contributed by atoms with E-state index in [-0.39, 0.29) is 11.4 Å². The first-order valence-corrected chi connectivity index (χ1v) is 4.71. The fourth-order valence-corrected chi connectivity index (χ4v) is 1.53. The number of hydrogen-bond donors (Lipinski definition) is 1. The average molecular weight is 215 g/mol. The van der Waals surface area contributed by atoms with E-state index >= 15 is 0 Å². The molecule has 0 heterocycles. The smallest absolute Gasteiger partial charge is 0.277 e. The zero-order chi connectivity index (χ0) is 11.5. The van der Waals surface area contributed by atoms with Gasteiger partial charge in [0, 0.05) is 6.07 Å². The first-order valence-electron chi connectivity index (χ1n) is 4.71. The fourth-order valence-electron chi connectivity index (χ4n) is 1.53. The van der Waals surface area contributed by atoms with E-state index in [1.165, 1.54) is 18.2 Å². The van der Waals surface area contributed by atoms with Gasteiger partial charge < -0.3 is 5.11 Å². The maximum absolute atomic E-state index is 10.8. The Morgan fingerprint density at radius 1 is 1.06 bits per heavy atom. The van der Waals surface area contributed by atoms with Crippen molar-refractivity contribution in [3.63, 3.8) is 0 Å². The molecule has 4 nitrogen and oxygen atoms in total. The van der Waals surface area contributed by atoms with Gasteiger partial charge in [-0.25, -0.2) is 0 Å². The largest absolute Gasteiger partial charge is 0.508 e. The van der Waals surface area contributed by atoms with Crippen LogP contribution in [0.3, 0.4) is 0 Å². The second kappa shape index (κ2) is 4.02. The number of nitro benzene ring substituents is 1. The molecule has 16 heavy (non-hydrogen) atoms. The van der Waals surface area contributed by atoms with Gasteiger partial charge in [-0.2, -0.15) is 0 Å². The first-order chi connectivity index (χ1) is 7.68. The van der Waals surface area contributed by atoms with Gasteiger partial charge in [0.2, 0.25) is 0 Å². The molecule has 2 aromatic carbocycles. The van der Waals surface area contributed by atoms with Crippen LogP contribution in [-0.4, -0.2) is 10.0 Å². The highest BCUT2D eigenvalue weighted by Crippen LogP contribution is 2.32. The molecule has 0 fully saturated rings. The van der Waals surface area contributed by atoms with Crippen LogP contribution in [0.4, 0.5) is 5.69 Å². The van der Waals surface area contributed by atoms with Gasteiger partial charge in [-0.15, -0.1) is 0 Å². The molecule has 0 saturated carbocycles. The van der Waals surface area contributed by atoms with E-state index in [9.17, 15) is 15.2 Å². The molecule has 0 bridgehead atoms. The minimum Gasteiger partial charge on any atom is -0.508 e. The zero-order valence-corrected chi connectivity index (χ0v) is 8.33. The van der Waals surface area contributed by atoms with Crippen LogP contribution in [0, 0.1) is 10.1 Å². The van der Waals surface area contributed by atoms with Crippen molar-refractivity contribution in [2.75, 3.05) is 0 Å². The number of nitrogens with zero attached hydrogens (tertiary/aromatic N) is 1. The van der Waals surface area contributed by atoms with Gasteiger partial charge in [-0.05, 0) is 17.7 Å². The SMILES string of the molecule is O=[N+]([O-])c1ccc(O)cc1-c1ccccc1. The summed E-state index contributed by atoms with van der Waals surface area (Å²) < 4.78 is 0. The van der Waals surface area contributed by atoms with E-state index in [1.807, 2.05) is 6.07 Å². The molecule has 0 saturated heterocycles. The molecular weight excluding hydrogens is 206 g/mol. The highest BCUT2D eigenvalue weighted by Gasteiger charge is 2.15. The summed E-state index contributed by atoms with van der Waals surface area (Å²) in [6.45, 7) is 0. The summed E-state index contributed by atoms with van der Waals surface area (Å²) in [5.41, 5.74) is 1.12. The molecule has 4 heteroatoms. The molecule has 0 radical (unpaired) electrons. The van der Waals surface area contributed by atoms with Gasteiger partial charge in [0.15, 0.2) is 0 Å². The average Bonchev–Trinajstić information content (AvgIpc) is 2.29. The van der Waals surface area contributed by atoms with E-state index in [0.717, 1.165) is 0 Å². The van der Waals surface area contributed by atoms with Crippen molar-refractivity contribution in [3.05, 3.63) is 58.6 Å². The van der Waals surface area contributed by atoms with Crippen LogP contribution in [0.15, 0.2) is 48.5 Å². The first kappa shape index (κ1) is 10.2. The predicted octanol–water partition coefficient (Wildman–Crippen LogP) is 2.97. The maximum atomic E-state index is 10.8. The molecule has 0 aliphatic heterocycles. The van der Waals surface area contributed by atoms with Crippen molar-refractivity contribution >= 4 is 5.69 Å². The van der Waals surface area contributed by atoms with Crippen molar-refractivity contribution in [3.8, 4) is 16.9 Å². The Balaban J connectivity index is 2.63. The van der Waals surface area contributed by atoms with Crippen molar-refractivity contribution in [1.82, 2.24) is 0 Å². The van der Waals surface area contributed by atoms with Gasteiger partial charge in [0.05, 0.1) is 10.5 Å². The Bertz CT molecular complexity index is 523. The molecule has 0 aliphatic carbocycles. The maximum Gasteiger partial charge on any atom is 0.277 e. The number of aromatic hydroxyl groups is 1. The van der Waals surface area contributed by atoms with E-state index in [1.54, 1.807) is 24.3 Å². The van der Waals surface area contributed by atoms with Crippen LogP contribution in [-0.2, 0) is 0 Å². The lowest BCUT2D eigenvalue weighted by atomic mass is 10.0. The second-order valence-electron chi connectivity index (χ2n) is 3.32. The third-order valence-corrected chi connectivity index (χ3v) is 2.26. The fraction of sp³-hybridized carbons (Fsp3) is 0. The predicted molar refractivity (Wildman–Crippen MR) is 60.2 cm³/mol. The van der Waals surface area contributed by atoms with Gasteiger partial charge in [0.25, 0.3) is 5.69 Å². The lowest BCUT2D eigenvalue weighted by Crippen LogP contribution is -1.91. The van der Waals surface area contributed by atoms with Crippen LogP contribution in [0.5, 0.6) is 5.75 Å². The van der Waals surface area contributed by atoms with Crippen LogP contribution in [0.1, 0.15) is 0 Å². The van der Waals surface area contributed by atoms with Crippen LogP contribution in [0.2, 0.25) is 0 Å². The summed E-state index contributed by atoms with van der Waals surface area (Å²) in [4.78, 5) is 10.4. The highest BCUT2D eigenvalue weighted by molar-refractivity contribution is 5.74. The molecule has 0 aromatic heterocycles. The summed E-state index contributed by atoms with van der Waals surface area (Å²) in [7, 11) is 0. The Hall–Kier alpha value is -2.36. The molecule has 0 amide bonds. The van der Waals surface area contributed by atoms with Crippen LogP contribution < -0.4 is 0 Å². The standard InChI is InChI=1S/C12H9NO3/c14-10-6-7-12(13(15)16)11(8-10)9-4-2-1-3-5-9/h1-8,14H. The molecule has 0 atom stereocenters. The van der Waals surface area contributed by atoms with E-state index in [0.29, 0.717) is 11.1 Å². The van der Waals surface area contributed by atoms with E-state index < -0.39 is 4.92 Å². The quantitative estimate of drug-likeness (QED) is 0.618. The van der Waals surface area contributed by atoms with Crippen molar-refractivity contribution in [2.45, 2.75) is 0 Å². The molecule has 1 N–H and O–H groups in total. The number of phenols is 1. The van der Waals surface area contributed by atoms with Crippen LogP contribution in [0.25, 0.3) is 11.1 Å². The summed E-state index contributed by atoms with van der Waals surface area (Å²) >= 11 is 0. The summed E-state index contributed by atoms with van der Waals surface area (Å²) in [6.07, 6.45) is 0. The minimum atomic E-state index is -0.457. The molecule has 2 aromatic rings. The molecular formula is C12H9NO3. The van der Waals surface area contributed by atoms with E-state index in [2.05, 4.69) is 0 Å².